The van der Waals surface area contributed by atoms with Crippen molar-refractivity contribution in [2.75, 3.05) is 26.4 Å². The van der Waals surface area contributed by atoms with E-state index in [4.69, 9.17) is 41.6 Å². The van der Waals surface area contributed by atoms with Gasteiger partial charge in [-0.3, -0.25) is 5.41 Å². The number of ether oxygens (including phenoxy) is 4. The van der Waals surface area contributed by atoms with Crippen molar-refractivity contribution in [3.63, 3.8) is 0 Å². The van der Waals surface area contributed by atoms with Crippen LogP contribution >= 0.6 is 0 Å². The molecule has 2 aliphatic heterocycles. The molecule has 2 aliphatic carbocycles. The molecule has 2 saturated heterocycles. The van der Waals surface area contributed by atoms with Gasteiger partial charge in [-0.1, -0.05) is 0 Å². The quantitative estimate of drug-likeness (QED) is 0.0616. The maximum atomic E-state index is 12.5. The molecule has 0 amide bonds. The Bertz CT molecular complexity index is 860. The van der Waals surface area contributed by atoms with E-state index in [1.54, 1.807) is 0 Å². The highest BCUT2D eigenvalue weighted by molar-refractivity contribution is 5.88. The SMILES string of the molecule is N=C(N[C@@H]1C[C@H](N)C(O[C@H]2O[C@H](CNCCF)CCC2N)C(O)C1O[C@H]1OC(CO)C(O)[C@H](N)C1O)C1(O)CCC1. The summed E-state index contributed by atoms with van der Waals surface area (Å²) < 4.78 is 36.3. The first-order valence-electron chi connectivity index (χ1n) is 14.4. The molecule has 0 spiro atoms. The summed E-state index contributed by atoms with van der Waals surface area (Å²) in [5, 5.41) is 67.1. The van der Waals surface area contributed by atoms with E-state index in [0.29, 0.717) is 32.2 Å². The normalized spacial score (nSPS) is 44.7. The Morgan fingerprint density at radius 2 is 1.68 bits per heavy atom. The van der Waals surface area contributed by atoms with Crippen molar-refractivity contribution in [2.24, 2.45) is 17.2 Å². The van der Waals surface area contributed by atoms with Crippen molar-refractivity contribution in [2.45, 2.75) is 124 Å². The summed E-state index contributed by atoms with van der Waals surface area (Å²) in [4.78, 5) is 0. The molecule has 4 fully saturated rings. The minimum atomic E-state index is -1.52. The predicted octanol–water partition coefficient (Wildman–Crippen LogP) is -4.14. The molecular weight excluding hydrogens is 547 g/mol. The van der Waals surface area contributed by atoms with Gasteiger partial charge in [0.2, 0.25) is 0 Å². The van der Waals surface area contributed by atoms with Gasteiger partial charge in [0.25, 0.3) is 0 Å². The lowest BCUT2D eigenvalue weighted by atomic mass is 9.78. The molecule has 41 heavy (non-hydrogen) atoms. The van der Waals surface area contributed by atoms with E-state index in [2.05, 4.69) is 10.6 Å². The first-order chi connectivity index (χ1) is 19.5. The summed E-state index contributed by atoms with van der Waals surface area (Å²) in [6.07, 6.45) is -7.50. The highest BCUT2D eigenvalue weighted by Crippen LogP contribution is 2.35. The molecule has 0 radical (unpaired) electrons. The Labute approximate surface area is 238 Å². The van der Waals surface area contributed by atoms with Crippen LogP contribution in [-0.4, -0.2) is 143 Å². The predicted molar refractivity (Wildman–Crippen MR) is 142 cm³/mol. The number of hydrogen-bond acceptors (Lipinski definition) is 14. The molecule has 15 nitrogen and oxygen atoms in total. The first kappa shape index (κ1) is 32.8. The fourth-order valence-electron chi connectivity index (χ4n) is 5.84. The average molecular weight is 595 g/mol. The van der Waals surface area contributed by atoms with Crippen LogP contribution in [-0.2, 0) is 18.9 Å². The molecule has 4 aliphatic rings. The zero-order valence-corrected chi connectivity index (χ0v) is 23.1. The minimum absolute atomic E-state index is 0.120. The first-order valence-corrected chi connectivity index (χ1v) is 14.4. The Hall–Kier alpha value is -1.12. The van der Waals surface area contributed by atoms with Crippen LogP contribution < -0.4 is 27.8 Å². The number of alkyl halides is 1. The van der Waals surface area contributed by atoms with Crippen molar-refractivity contribution in [1.29, 1.82) is 5.41 Å². The Morgan fingerprint density at radius 3 is 2.32 bits per heavy atom. The lowest BCUT2D eigenvalue weighted by molar-refractivity contribution is -0.313. The van der Waals surface area contributed by atoms with Crippen LogP contribution in [0.15, 0.2) is 0 Å². The average Bonchev–Trinajstić information content (AvgIpc) is 2.93. The maximum Gasteiger partial charge on any atom is 0.186 e. The van der Waals surface area contributed by atoms with Crippen molar-refractivity contribution in [3.05, 3.63) is 0 Å². The van der Waals surface area contributed by atoms with E-state index < -0.39 is 92.3 Å². The lowest BCUT2D eigenvalue weighted by Gasteiger charge is -2.49. The topological polar surface area (TPSA) is 264 Å². The zero-order chi connectivity index (χ0) is 29.9. The molecule has 0 bridgehead atoms. The van der Waals surface area contributed by atoms with Crippen LogP contribution in [0.4, 0.5) is 4.39 Å². The molecule has 0 aromatic carbocycles. The smallest absolute Gasteiger partial charge is 0.186 e. The highest BCUT2D eigenvalue weighted by Gasteiger charge is 2.52. The second-order valence-electron chi connectivity index (χ2n) is 11.6. The Kier molecular flexibility index (Phi) is 11.3. The molecule has 4 rings (SSSR count). The molecule has 2 saturated carbocycles. The van der Waals surface area contributed by atoms with Gasteiger partial charge < -0.3 is 72.3 Å². The van der Waals surface area contributed by atoms with Gasteiger partial charge in [0.1, 0.15) is 54.7 Å². The van der Waals surface area contributed by atoms with Gasteiger partial charge in [-0.15, -0.1) is 0 Å². The van der Waals surface area contributed by atoms with E-state index >= 15 is 0 Å². The lowest BCUT2D eigenvalue weighted by Crippen LogP contribution is -2.69. The van der Waals surface area contributed by atoms with Gasteiger partial charge in [0.05, 0.1) is 30.8 Å². The van der Waals surface area contributed by atoms with Crippen LogP contribution in [0.2, 0.25) is 0 Å². The Morgan fingerprint density at radius 1 is 0.976 bits per heavy atom. The number of hydrogen-bond donors (Lipinski definition) is 11. The molecule has 2 heterocycles. The van der Waals surface area contributed by atoms with Gasteiger partial charge in [0, 0.05) is 19.1 Å². The fraction of sp³-hybridized carbons (Fsp3) is 0.960. The summed E-state index contributed by atoms with van der Waals surface area (Å²) in [5.74, 6) is -0.146. The summed E-state index contributed by atoms with van der Waals surface area (Å²) in [7, 11) is 0. The number of aliphatic hydroxyl groups excluding tert-OH is 4. The summed E-state index contributed by atoms with van der Waals surface area (Å²) in [6, 6.07) is -3.32. The molecule has 16 heteroatoms. The molecule has 0 aromatic heterocycles. The van der Waals surface area contributed by atoms with Gasteiger partial charge in [-0.2, -0.15) is 0 Å². The second kappa shape index (κ2) is 14.1. The van der Waals surface area contributed by atoms with Crippen molar-refractivity contribution < 1.29 is 48.9 Å². The third-order valence-corrected chi connectivity index (χ3v) is 8.65. The van der Waals surface area contributed by atoms with Crippen LogP contribution in [0.25, 0.3) is 0 Å². The molecule has 7 unspecified atom stereocenters. The monoisotopic (exact) mass is 594 g/mol. The summed E-state index contributed by atoms with van der Waals surface area (Å²) >= 11 is 0. The largest absolute Gasteiger partial charge is 0.394 e. The molecule has 238 valence electrons. The van der Waals surface area contributed by atoms with E-state index in [-0.39, 0.29) is 24.9 Å². The number of rotatable bonds is 11. The third-order valence-electron chi connectivity index (χ3n) is 8.65. The van der Waals surface area contributed by atoms with Crippen LogP contribution in [0.5, 0.6) is 0 Å². The minimum Gasteiger partial charge on any atom is -0.394 e. The summed E-state index contributed by atoms with van der Waals surface area (Å²) in [6.45, 7) is -0.520. The van der Waals surface area contributed by atoms with Crippen LogP contribution in [0.3, 0.4) is 0 Å². The van der Waals surface area contributed by atoms with E-state index in [1.165, 1.54) is 0 Å². The number of halogens is 1. The van der Waals surface area contributed by atoms with Crippen LogP contribution in [0, 0.1) is 5.41 Å². The number of amidine groups is 1. The van der Waals surface area contributed by atoms with Gasteiger partial charge in [-0.05, 0) is 38.5 Å². The molecule has 14 N–H and O–H groups in total. The fourth-order valence-corrected chi connectivity index (χ4v) is 5.84. The number of aliphatic hydroxyl groups is 5. The summed E-state index contributed by atoms with van der Waals surface area (Å²) in [5.41, 5.74) is 17.3. The van der Waals surface area contributed by atoms with Crippen molar-refractivity contribution in [1.82, 2.24) is 10.6 Å². The van der Waals surface area contributed by atoms with Crippen molar-refractivity contribution >= 4 is 5.84 Å². The van der Waals surface area contributed by atoms with E-state index in [1.807, 2.05) is 0 Å². The highest BCUT2D eigenvalue weighted by atomic mass is 19.1. The number of nitrogens with one attached hydrogen (secondary N) is 3. The molecule has 0 aromatic rings. The van der Waals surface area contributed by atoms with Crippen molar-refractivity contribution in [3.8, 4) is 0 Å². The second-order valence-corrected chi connectivity index (χ2v) is 11.6. The standard InChI is InChI=1S/C25H47FN6O9/c26-6-7-31-9-11-2-3-12(27)22(38-11)40-20-13(28)8-14(32-24(30)25(37)4-1-5-25)21(19(20)36)41-23-18(35)16(29)17(34)15(10-33)39-23/h11-23,31,33-37H,1-10,27-29H2,(H2,30,32)/t11-,12?,13-,14+,15?,16-,17?,18?,19?,20?,21?,22+,23+/m0/s1. The van der Waals surface area contributed by atoms with E-state index in [0.717, 1.165) is 6.42 Å². The zero-order valence-electron chi connectivity index (χ0n) is 23.1. The van der Waals surface area contributed by atoms with Gasteiger partial charge >= 0.3 is 0 Å². The van der Waals surface area contributed by atoms with Gasteiger partial charge in [-0.25, -0.2) is 4.39 Å². The van der Waals surface area contributed by atoms with E-state index in [9.17, 15) is 29.9 Å². The number of nitrogens with two attached hydrogens (primary N) is 3. The third kappa shape index (κ3) is 7.34. The molecule has 13 atom stereocenters. The molecular formula is C25H47FN6O9. The van der Waals surface area contributed by atoms with Crippen LogP contribution in [0.1, 0.15) is 38.5 Å². The van der Waals surface area contributed by atoms with Gasteiger partial charge in [0.15, 0.2) is 12.6 Å². The Balaban J connectivity index is 1.51. The maximum absolute atomic E-state index is 12.5.